The highest BCUT2D eigenvalue weighted by Crippen LogP contribution is 2.24. The molecule has 0 saturated heterocycles. The summed E-state index contributed by atoms with van der Waals surface area (Å²) in [5.74, 6) is 0.890. The van der Waals surface area contributed by atoms with Gasteiger partial charge in [-0.05, 0) is 32.6 Å². The Morgan fingerprint density at radius 2 is 2.16 bits per heavy atom. The first-order valence-electron chi connectivity index (χ1n) is 5.90. The van der Waals surface area contributed by atoms with Crippen LogP contribution in [-0.4, -0.2) is 42.3 Å². The SMILES string of the molecule is CN(C)CCCOc1cccc(-c2nncs2)c1.Cl. The molecule has 0 aliphatic heterocycles. The first kappa shape index (κ1) is 15.9. The van der Waals surface area contributed by atoms with Crippen LogP contribution < -0.4 is 4.74 Å². The van der Waals surface area contributed by atoms with Gasteiger partial charge in [-0.25, -0.2) is 0 Å². The molecule has 0 bridgehead atoms. The van der Waals surface area contributed by atoms with Crippen LogP contribution in [-0.2, 0) is 0 Å². The van der Waals surface area contributed by atoms with E-state index in [1.165, 1.54) is 11.3 Å². The molecule has 1 heterocycles. The Hall–Kier alpha value is -1.17. The molecule has 19 heavy (non-hydrogen) atoms. The summed E-state index contributed by atoms with van der Waals surface area (Å²) >= 11 is 1.53. The first-order chi connectivity index (χ1) is 8.75. The average molecular weight is 300 g/mol. The lowest BCUT2D eigenvalue weighted by molar-refractivity contribution is 0.281. The fourth-order valence-corrected chi connectivity index (χ4v) is 2.14. The number of halogens is 1. The van der Waals surface area contributed by atoms with E-state index >= 15 is 0 Å². The molecule has 0 amide bonds. The van der Waals surface area contributed by atoms with Gasteiger partial charge in [0.15, 0.2) is 0 Å². The van der Waals surface area contributed by atoms with Gasteiger partial charge in [-0.2, -0.15) is 0 Å². The van der Waals surface area contributed by atoms with Crippen molar-refractivity contribution in [2.75, 3.05) is 27.2 Å². The minimum absolute atomic E-state index is 0. The summed E-state index contributed by atoms with van der Waals surface area (Å²) in [5.41, 5.74) is 2.79. The van der Waals surface area contributed by atoms with E-state index in [1.807, 2.05) is 24.3 Å². The first-order valence-corrected chi connectivity index (χ1v) is 6.78. The second-order valence-electron chi connectivity index (χ2n) is 4.28. The molecule has 0 atom stereocenters. The van der Waals surface area contributed by atoms with Crippen molar-refractivity contribution in [1.29, 1.82) is 0 Å². The number of aromatic nitrogens is 2. The lowest BCUT2D eigenvalue weighted by atomic mass is 10.2. The Kier molecular flexibility index (Phi) is 6.77. The molecule has 0 fully saturated rings. The molecule has 2 aromatic rings. The lowest BCUT2D eigenvalue weighted by Gasteiger charge is -2.10. The molecule has 6 heteroatoms. The van der Waals surface area contributed by atoms with Gasteiger partial charge in [0.1, 0.15) is 16.3 Å². The second-order valence-corrected chi connectivity index (χ2v) is 5.11. The van der Waals surface area contributed by atoms with Gasteiger partial charge >= 0.3 is 0 Å². The quantitative estimate of drug-likeness (QED) is 0.769. The summed E-state index contributed by atoms with van der Waals surface area (Å²) in [4.78, 5) is 2.15. The van der Waals surface area contributed by atoms with Gasteiger partial charge in [-0.1, -0.05) is 23.5 Å². The zero-order valence-corrected chi connectivity index (χ0v) is 12.7. The van der Waals surface area contributed by atoms with Gasteiger partial charge < -0.3 is 9.64 Å². The third-order valence-electron chi connectivity index (χ3n) is 2.46. The van der Waals surface area contributed by atoms with Crippen LogP contribution in [0, 0.1) is 0 Å². The van der Waals surface area contributed by atoms with Crippen LogP contribution >= 0.6 is 23.7 Å². The molecule has 0 saturated carbocycles. The van der Waals surface area contributed by atoms with Crippen molar-refractivity contribution in [3.63, 3.8) is 0 Å². The highest BCUT2D eigenvalue weighted by molar-refractivity contribution is 7.12. The molecule has 0 unspecified atom stereocenters. The van der Waals surface area contributed by atoms with Crippen LogP contribution in [0.4, 0.5) is 0 Å². The molecular formula is C13H18ClN3OS. The summed E-state index contributed by atoms with van der Waals surface area (Å²) in [7, 11) is 4.13. The van der Waals surface area contributed by atoms with Crippen molar-refractivity contribution >= 4 is 23.7 Å². The molecule has 104 valence electrons. The zero-order valence-electron chi connectivity index (χ0n) is 11.1. The fraction of sp³-hybridized carbons (Fsp3) is 0.385. The average Bonchev–Trinajstić information content (AvgIpc) is 2.89. The predicted molar refractivity (Wildman–Crippen MR) is 81.3 cm³/mol. The van der Waals surface area contributed by atoms with Gasteiger partial charge in [0.25, 0.3) is 0 Å². The van der Waals surface area contributed by atoms with Crippen molar-refractivity contribution < 1.29 is 4.74 Å². The summed E-state index contributed by atoms with van der Waals surface area (Å²) in [6.45, 7) is 1.77. The van der Waals surface area contributed by atoms with Gasteiger partial charge in [0.05, 0.1) is 6.61 Å². The maximum Gasteiger partial charge on any atom is 0.147 e. The third-order valence-corrected chi connectivity index (χ3v) is 3.20. The summed E-state index contributed by atoms with van der Waals surface area (Å²) in [6, 6.07) is 7.99. The summed E-state index contributed by atoms with van der Waals surface area (Å²) < 4.78 is 5.72. The van der Waals surface area contributed by atoms with E-state index < -0.39 is 0 Å². The van der Waals surface area contributed by atoms with Crippen molar-refractivity contribution in [2.24, 2.45) is 0 Å². The highest BCUT2D eigenvalue weighted by Gasteiger charge is 2.03. The normalized spacial score (nSPS) is 10.3. The molecule has 1 aromatic heterocycles. The van der Waals surface area contributed by atoms with Crippen LogP contribution in [0.15, 0.2) is 29.8 Å². The maximum atomic E-state index is 5.72. The van der Waals surface area contributed by atoms with Crippen LogP contribution in [0.2, 0.25) is 0 Å². The van der Waals surface area contributed by atoms with E-state index in [0.29, 0.717) is 0 Å². The Bertz CT molecular complexity index is 477. The van der Waals surface area contributed by atoms with Crippen molar-refractivity contribution in [3.8, 4) is 16.3 Å². The van der Waals surface area contributed by atoms with Crippen LogP contribution in [0.3, 0.4) is 0 Å². The number of ether oxygens (including phenoxy) is 1. The minimum atomic E-state index is 0. The number of benzene rings is 1. The van der Waals surface area contributed by atoms with E-state index in [2.05, 4.69) is 29.2 Å². The molecule has 1 aromatic carbocycles. The number of hydrogen-bond acceptors (Lipinski definition) is 5. The Morgan fingerprint density at radius 3 is 2.84 bits per heavy atom. The zero-order chi connectivity index (χ0) is 12.8. The predicted octanol–water partition coefficient (Wildman–Crippen LogP) is 2.96. The van der Waals surface area contributed by atoms with Crippen molar-refractivity contribution in [3.05, 3.63) is 29.8 Å². The maximum absolute atomic E-state index is 5.72. The molecule has 0 N–H and O–H groups in total. The molecule has 0 aliphatic carbocycles. The standard InChI is InChI=1S/C13H17N3OS.ClH/c1-16(2)7-4-8-17-12-6-3-5-11(9-12)13-15-14-10-18-13;/h3,5-6,9-10H,4,7-8H2,1-2H3;1H. The smallest absolute Gasteiger partial charge is 0.147 e. The molecule has 0 spiro atoms. The Morgan fingerprint density at radius 1 is 1.32 bits per heavy atom. The summed E-state index contributed by atoms with van der Waals surface area (Å²) in [6.07, 6.45) is 1.02. The third kappa shape index (κ3) is 5.14. The number of hydrogen-bond donors (Lipinski definition) is 0. The minimum Gasteiger partial charge on any atom is -0.494 e. The molecular weight excluding hydrogens is 282 g/mol. The number of rotatable bonds is 6. The topological polar surface area (TPSA) is 38.2 Å². The highest BCUT2D eigenvalue weighted by atomic mass is 35.5. The Balaban J connectivity index is 0.00000180. The van der Waals surface area contributed by atoms with Crippen LogP contribution in [0.5, 0.6) is 5.75 Å². The second kappa shape index (κ2) is 8.09. The fourth-order valence-electron chi connectivity index (χ4n) is 1.59. The van der Waals surface area contributed by atoms with Gasteiger partial charge in [0, 0.05) is 12.1 Å². The molecule has 0 radical (unpaired) electrons. The van der Waals surface area contributed by atoms with Gasteiger partial charge in [-0.3, -0.25) is 0 Å². The van der Waals surface area contributed by atoms with E-state index in [-0.39, 0.29) is 12.4 Å². The monoisotopic (exact) mass is 299 g/mol. The van der Waals surface area contributed by atoms with Crippen molar-refractivity contribution in [2.45, 2.75) is 6.42 Å². The largest absolute Gasteiger partial charge is 0.494 e. The van der Waals surface area contributed by atoms with E-state index in [1.54, 1.807) is 5.51 Å². The van der Waals surface area contributed by atoms with Gasteiger partial charge in [0.2, 0.25) is 0 Å². The van der Waals surface area contributed by atoms with Crippen LogP contribution in [0.25, 0.3) is 10.6 Å². The van der Waals surface area contributed by atoms with E-state index in [9.17, 15) is 0 Å². The molecule has 0 aliphatic rings. The number of nitrogens with zero attached hydrogens (tertiary/aromatic N) is 3. The lowest BCUT2D eigenvalue weighted by Crippen LogP contribution is -2.15. The van der Waals surface area contributed by atoms with E-state index in [4.69, 9.17) is 4.74 Å². The molecule has 2 rings (SSSR count). The Labute approximate surface area is 123 Å². The van der Waals surface area contributed by atoms with E-state index in [0.717, 1.165) is 35.9 Å². The summed E-state index contributed by atoms with van der Waals surface area (Å²) in [5, 5.41) is 8.82. The van der Waals surface area contributed by atoms with Crippen LogP contribution in [0.1, 0.15) is 6.42 Å². The molecule has 4 nitrogen and oxygen atoms in total. The van der Waals surface area contributed by atoms with Crippen molar-refractivity contribution in [1.82, 2.24) is 15.1 Å². The van der Waals surface area contributed by atoms with Gasteiger partial charge in [-0.15, -0.1) is 22.6 Å².